The molecule has 0 aliphatic carbocycles. The van der Waals surface area contributed by atoms with Gasteiger partial charge in [0.25, 0.3) is 0 Å². The molecule has 11 heteroatoms. The molecule has 0 atom stereocenters. The molecular formula is C20H33N5O5S. The third kappa shape index (κ3) is 7.03. The molecule has 31 heavy (non-hydrogen) atoms. The van der Waals surface area contributed by atoms with Gasteiger partial charge in [0.15, 0.2) is 0 Å². The van der Waals surface area contributed by atoms with E-state index in [4.69, 9.17) is 4.74 Å². The van der Waals surface area contributed by atoms with Gasteiger partial charge < -0.3 is 19.6 Å². The molecular weight excluding hydrogens is 422 g/mol. The molecule has 1 aromatic heterocycles. The molecule has 174 valence electrons. The van der Waals surface area contributed by atoms with Gasteiger partial charge >= 0.3 is 5.97 Å². The highest BCUT2D eigenvalue weighted by Gasteiger charge is 2.26. The minimum atomic E-state index is -3.50. The molecule has 2 aliphatic heterocycles. The second-order valence-corrected chi connectivity index (χ2v) is 10.0. The van der Waals surface area contributed by atoms with Gasteiger partial charge in [-0.25, -0.2) is 18.2 Å². The number of piperidine rings is 1. The highest BCUT2D eigenvalue weighted by Crippen LogP contribution is 2.26. The summed E-state index contributed by atoms with van der Waals surface area (Å²) in [5, 5.41) is 9.60. The summed E-state index contributed by atoms with van der Waals surface area (Å²) in [6.07, 6.45) is 5.36. The van der Waals surface area contributed by atoms with E-state index in [1.165, 1.54) is 12.3 Å². The summed E-state index contributed by atoms with van der Waals surface area (Å²) in [6, 6.07) is 1.79. The zero-order chi connectivity index (χ0) is 22.4. The number of nitrogens with zero attached hydrogens (tertiary/aromatic N) is 4. The van der Waals surface area contributed by atoms with Crippen molar-refractivity contribution in [2.45, 2.75) is 25.3 Å². The molecule has 2 saturated heterocycles. The molecule has 0 aromatic carbocycles. The van der Waals surface area contributed by atoms with E-state index in [1.807, 2.05) is 4.90 Å². The predicted molar refractivity (Wildman–Crippen MR) is 119 cm³/mol. The van der Waals surface area contributed by atoms with Crippen LogP contribution in [0.5, 0.6) is 0 Å². The lowest BCUT2D eigenvalue weighted by Gasteiger charge is -2.38. The Labute approximate surface area is 184 Å². The predicted octanol–water partition coefficient (Wildman–Crippen LogP) is 0.774. The summed E-state index contributed by atoms with van der Waals surface area (Å²) in [5.41, 5.74) is 0.157. The Morgan fingerprint density at radius 1 is 1.29 bits per heavy atom. The van der Waals surface area contributed by atoms with Gasteiger partial charge in [0.1, 0.15) is 11.4 Å². The molecule has 2 aliphatic rings. The number of carboxylic acids is 1. The third-order valence-electron chi connectivity index (χ3n) is 5.88. The summed E-state index contributed by atoms with van der Waals surface area (Å²) in [7, 11) is -1.34. The molecule has 3 rings (SSSR count). The fourth-order valence-electron chi connectivity index (χ4n) is 4.21. The Morgan fingerprint density at radius 2 is 1.97 bits per heavy atom. The van der Waals surface area contributed by atoms with Crippen molar-refractivity contribution < 1.29 is 23.1 Å². The third-order valence-corrected chi connectivity index (χ3v) is 6.48. The fraction of sp³-hybridized carbons (Fsp3) is 0.700. The standard InChI is InChI=1S/C20H33N5O5S/c1-23(6-3-7-24-10-12-30-13-11-24)17-4-8-25(9-5-17)19-18(20(26)27)14-16(15-21-19)22-31(2,28)29/h14-15,17,22H,3-13H2,1-2H3,(H,26,27). The van der Waals surface area contributed by atoms with Crippen LogP contribution in [0, 0.1) is 0 Å². The molecule has 0 bridgehead atoms. The number of ether oxygens (including phenoxy) is 1. The van der Waals surface area contributed by atoms with E-state index in [1.54, 1.807) is 0 Å². The first-order chi connectivity index (χ1) is 14.7. The SMILES string of the molecule is CN(CCCN1CCOCC1)C1CCN(c2ncc(NS(C)(=O)=O)cc2C(=O)O)CC1. The van der Waals surface area contributed by atoms with E-state index in [9.17, 15) is 18.3 Å². The number of aromatic carboxylic acids is 1. The fourth-order valence-corrected chi connectivity index (χ4v) is 4.75. The minimum absolute atomic E-state index is 0.00552. The van der Waals surface area contributed by atoms with Gasteiger partial charge in [-0.1, -0.05) is 0 Å². The molecule has 0 amide bonds. The van der Waals surface area contributed by atoms with Crippen molar-refractivity contribution in [2.75, 3.05) is 75.4 Å². The van der Waals surface area contributed by atoms with E-state index in [2.05, 4.69) is 26.6 Å². The van der Waals surface area contributed by atoms with Crippen LogP contribution in [0.3, 0.4) is 0 Å². The summed E-state index contributed by atoms with van der Waals surface area (Å²) in [4.78, 5) is 22.8. The van der Waals surface area contributed by atoms with Crippen molar-refractivity contribution in [1.82, 2.24) is 14.8 Å². The lowest BCUT2D eigenvalue weighted by atomic mass is 10.0. The molecule has 0 saturated carbocycles. The second kappa shape index (κ2) is 10.6. The number of morpholine rings is 1. The molecule has 0 unspecified atom stereocenters. The molecule has 0 radical (unpaired) electrons. The summed E-state index contributed by atoms with van der Waals surface area (Å²) in [5.74, 6) is -0.734. The topological polar surface area (TPSA) is 115 Å². The van der Waals surface area contributed by atoms with E-state index in [0.717, 1.165) is 64.9 Å². The van der Waals surface area contributed by atoms with Crippen LogP contribution >= 0.6 is 0 Å². The van der Waals surface area contributed by atoms with Crippen molar-refractivity contribution in [3.8, 4) is 0 Å². The first-order valence-corrected chi connectivity index (χ1v) is 12.6. The van der Waals surface area contributed by atoms with Crippen molar-refractivity contribution >= 4 is 27.5 Å². The Kier molecular flexibility index (Phi) is 8.09. The number of sulfonamides is 1. The number of carboxylic acid groups (broad SMARTS) is 1. The van der Waals surface area contributed by atoms with Gasteiger partial charge in [0.2, 0.25) is 10.0 Å². The van der Waals surface area contributed by atoms with Gasteiger partial charge in [-0.15, -0.1) is 0 Å². The highest BCUT2D eigenvalue weighted by molar-refractivity contribution is 7.92. The van der Waals surface area contributed by atoms with Crippen LogP contribution < -0.4 is 9.62 Å². The van der Waals surface area contributed by atoms with Crippen LogP contribution in [0.25, 0.3) is 0 Å². The lowest BCUT2D eigenvalue weighted by molar-refractivity contribution is 0.0357. The first kappa shape index (κ1) is 23.7. The number of hydrogen-bond donors (Lipinski definition) is 2. The van der Waals surface area contributed by atoms with Crippen LogP contribution in [0.4, 0.5) is 11.5 Å². The number of pyridine rings is 1. The van der Waals surface area contributed by atoms with Crippen LogP contribution in [0.15, 0.2) is 12.3 Å². The smallest absolute Gasteiger partial charge is 0.339 e. The van der Waals surface area contributed by atoms with Gasteiger partial charge in [-0.05, 0) is 45.5 Å². The minimum Gasteiger partial charge on any atom is -0.478 e. The average Bonchev–Trinajstić information content (AvgIpc) is 2.73. The number of nitrogens with one attached hydrogen (secondary N) is 1. The quantitative estimate of drug-likeness (QED) is 0.557. The summed E-state index contributed by atoms with van der Waals surface area (Å²) < 4.78 is 30.5. The molecule has 2 fully saturated rings. The largest absolute Gasteiger partial charge is 0.478 e. The maximum absolute atomic E-state index is 11.7. The van der Waals surface area contributed by atoms with Crippen LogP contribution in [0.1, 0.15) is 29.6 Å². The number of carbonyl (C=O) groups is 1. The maximum Gasteiger partial charge on any atom is 0.339 e. The van der Waals surface area contributed by atoms with Crippen LogP contribution in [-0.2, 0) is 14.8 Å². The Bertz CT molecular complexity index is 852. The normalized spacial score (nSPS) is 19.0. The second-order valence-electron chi connectivity index (χ2n) is 8.28. The van der Waals surface area contributed by atoms with Gasteiger partial charge in [0.05, 0.1) is 31.4 Å². The van der Waals surface area contributed by atoms with Crippen molar-refractivity contribution in [2.24, 2.45) is 0 Å². The van der Waals surface area contributed by atoms with E-state index in [-0.39, 0.29) is 11.3 Å². The van der Waals surface area contributed by atoms with E-state index in [0.29, 0.717) is 24.9 Å². The molecule has 1 aromatic rings. The summed E-state index contributed by atoms with van der Waals surface area (Å²) >= 11 is 0. The molecule has 0 spiro atoms. The lowest BCUT2D eigenvalue weighted by Crippen LogP contribution is -2.45. The van der Waals surface area contributed by atoms with E-state index >= 15 is 0 Å². The monoisotopic (exact) mass is 455 g/mol. The number of rotatable bonds is 9. The van der Waals surface area contributed by atoms with Crippen molar-refractivity contribution in [1.29, 1.82) is 0 Å². The van der Waals surface area contributed by atoms with Crippen LogP contribution in [-0.4, -0.2) is 106 Å². The average molecular weight is 456 g/mol. The number of anilines is 2. The number of aromatic nitrogens is 1. The number of hydrogen-bond acceptors (Lipinski definition) is 8. The molecule has 2 N–H and O–H groups in total. The molecule has 3 heterocycles. The Balaban J connectivity index is 1.53. The maximum atomic E-state index is 11.7. The van der Waals surface area contributed by atoms with Gasteiger partial charge in [-0.2, -0.15) is 0 Å². The highest BCUT2D eigenvalue weighted by atomic mass is 32.2. The van der Waals surface area contributed by atoms with Crippen molar-refractivity contribution in [3.05, 3.63) is 17.8 Å². The molecule has 10 nitrogen and oxygen atoms in total. The Morgan fingerprint density at radius 3 is 2.58 bits per heavy atom. The van der Waals surface area contributed by atoms with Gasteiger partial charge in [0, 0.05) is 32.2 Å². The van der Waals surface area contributed by atoms with E-state index < -0.39 is 16.0 Å². The summed E-state index contributed by atoms with van der Waals surface area (Å²) in [6.45, 7) is 7.23. The zero-order valence-electron chi connectivity index (χ0n) is 18.3. The van der Waals surface area contributed by atoms with Crippen LogP contribution in [0.2, 0.25) is 0 Å². The Hall–Kier alpha value is -1.95. The zero-order valence-corrected chi connectivity index (χ0v) is 19.1. The first-order valence-electron chi connectivity index (χ1n) is 10.7. The van der Waals surface area contributed by atoms with Gasteiger partial charge in [-0.3, -0.25) is 9.62 Å². The van der Waals surface area contributed by atoms with Crippen molar-refractivity contribution in [3.63, 3.8) is 0 Å².